The molecule has 0 N–H and O–H groups in total. The molecular formula is C19H23FN2O4S2. The molecule has 0 bridgehead atoms. The Kier molecular flexibility index (Phi) is 6.79. The van der Waals surface area contributed by atoms with Crippen LogP contribution < -0.4 is 0 Å². The number of ether oxygens (including phenoxy) is 1. The molecule has 1 aromatic carbocycles. The van der Waals surface area contributed by atoms with Crippen molar-refractivity contribution in [2.24, 2.45) is 5.92 Å². The number of hydrogen-bond donors (Lipinski definition) is 0. The molecule has 2 heterocycles. The van der Waals surface area contributed by atoms with Gasteiger partial charge in [-0.25, -0.2) is 17.8 Å². The Labute approximate surface area is 168 Å². The minimum Gasteiger partial charge on any atom is -0.459 e. The molecule has 1 aromatic heterocycles. The first-order valence-electron chi connectivity index (χ1n) is 9.25. The maximum absolute atomic E-state index is 13.1. The van der Waals surface area contributed by atoms with Crippen LogP contribution in [0.4, 0.5) is 4.39 Å². The normalized spacial score (nSPS) is 18.1. The van der Waals surface area contributed by atoms with Crippen LogP contribution in [0.5, 0.6) is 0 Å². The predicted molar refractivity (Wildman–Crippen MR) is 104 cm³/mol. The topological polar surface area (TPSA) is 76.6 Å². The van der Waals surface area contributed by atoms with Crippen LogP contribution in [0.25, 0.3) is 0 Å². The number of esters is 1. The van der Waals surface area contributed by atoms with Gasteiger partial charge >= 0.3 is 5.97 Å². The van der Waals surface area contributed by atoms with E-state index in [2.05, 4.69) is 11.9 Å². The molecule has 0 amide bonds. The summed E-state index contributed by atoms with van der Waals surface area (Å²) < 4.78 is 45.2. The molecule has 0 aliphatic carbocycles. The van der Waals surface area contributed by atoms with Gasteiger partial charge in [0.1, 0.15) is 12.4 Å². The van der Waals surface area contributed by atoms with Gasteiger partial charge in [-0.3, -0.25) is 4.79 Å². The first kappa shape index (κ1) is 20.9. The van der Waals surface area contributed by atoms with Gasteiger partial charge in [0.05, 0.1) is 21.5 Å². The predicted octanol–water partition coefficient (Wildman–Crippen LogP) is 3.38. The summed E-state index contributed by atoms with van der Waals surface area (Å²) in [4.78, 5) is 16.9. The highest BCUT2D eigenvalue weighted by Crippen LogP contribution is 2.25. The number of hydrogen-bond acceptors (Lipinski definition) is 6. The molecule has 0 radical (unpaired) electrons. The first-order valence-corrected chi connectivity index (χ1v) is 11.6. The number of piperidine rings is 1. The lowest BCUT2D eigenvalue weighted by Crippen LogP contribution is -2.42. The van der Waals surface area contributed by atoms with E-state index in [9.17, 15) is 17.6 Å². The van der Waals surface area contributed by atoms with Crippen LogP contribution in [0.15, 0.2) is 34.5 Å². The van der Waals surface area contributed by atoms with E-state index in [1.807, 2.05) is 5.38 Å². The van der Waals surface area contributed by atoms with Crippen LogP contribution in [0.2, 0.25) is 0 Å². The van der Waals surface area contributed by atoms with E-state index < -0.39 is 27.7 Å². The molecule has 1 unspecified atom stereocenters. The molecule has 1 saturated heterocycles. The summed E-state index contributed by atoms with van der Waals surface area (Å²) in [7, 11) is -3.77. The summed E-state index contributed by atoms with van der Waals surface area (Å²) in [6.07, 6.45) is 3.05. The maximum atomic E-state index is 13.1. The largest absolute Gasteiger partial charge is 0.459 e. The van der Waals surface area contributed by atoms with Gasteiger partial charge in [0, 0.05) is 18.5 Å². The van der Waals surface area contributed by atoms with Crippen molar-refractivity contribution in [1.82, 2.24) is 9.29 Å². The SMILES string of the molecule is CCCc1nc(COC(=O)C2CCCN(S(=O)(=O)c3ccc(F)cc3)C2)cs1. The van der Waals surface area contributed by atoms with Crippen molar-refractivity contribution >= 4 is 27.3 Å². The lowest BCUT2D eigenvalue weighted by atomic mass is 10.00. The first-order chi connectivity index (χ1) is 13.4. The number of halogens is 1. The summed E-state index contributed by atoms with van der Waals surface area (Å²) >= 11 is 1.55. The summed E-state index contributed by atoms with van der Waals surface area (Å²) in [6, 6.07) is 4.71. The number of nitrogens with zero attached hydrogens (tertiary/aromatic N) is 2. The summed E-state index contributed by atoms with van der Waals surface area (Å²) in [5, 5.41) is 2.90. The van der Waals surface area contributed by atoms with E-state index in [0.29, 0.717) is 25.1 Å². The van der Waals surface area contributed by atoms with E-state index in [1.54, 1.807) is 11.3 Å². The minimum atomic E-state index is -3.77. The molecule has 28 heavy (non-hydrogen) atoms. The number of carbonyl (C=O) groups is 1. The van der Waals surface area contributed by atoms with E-state index in [-0.39, 0.29) is 18.0 Å². The molecule has 1 aliphatic heterocycles. The van der Waals surface area contributed by atoms with Crippen molar-refractivity contribution in [1.29, 1.82) is 0 Å². The maximum Gasteiger partial charge on any atom is 0.310 e. The Hall–Kier alpha value is -1.84. The highest BCUT2D eigenvalue weighted by atomic mass is 32.2. The Morgan fingerprint density at radius 1 is 1.36 bits per heavy atom. The number of aromatic nitrogens is 1. The third-order valence-corrected chi connectivity index (χ3v) is 7.43. The second-order valence-corrected chi connectivity index (χ2v) is 9.63. The zero-order valence-electron chi connectivity index (χ0n) is 15.6. The van der Waals surface area contributed by atoms with Crippen molar-refractivity contribution in [2.75, 3.05) is 13.1 Å². The third kappa shape index (κ3) is 4.95. The van der Waals surface area contributed by atoms with Gasteiger partial charge in [0.2, 0.25) is 10.0 Å². The van der Waals surface area contributed by atoms with Crippen molar-refractivity contribution < 1.29 is 22.3 Å². The molecule has 0 saturated carbocycles. The van der Waals surface area contributed by atoms with Crippen LogP contribution >= 0.6 is 11.3 Å². The average molecular weight is 427 g/mol. The van der Waals surface area contributed by atoms with Gasteiger partial charge in [-0.1, -0.05) is 6.92 Å². The number of rotatable bonds is 7. The smallest absolute Gasteiger partial charge is 0.310 e. The minimum absolute atomic E-state index is 0.0221. The molecule has 2 aromatic rings. The zero-order chi connectivity index (χ0) is 20.1. The highest BCUT2D eigenvalue weighted by molar-refractivity contribution is 7.89. The summed E-state index contributed by atoms with van der Waals surface area (Å²) in [5.41, 5.74) is 0.716. The number of sulfonamides is 1. The van der Waals surface area contributed by atoms with E-state index in [4.69, 9.17) is 4.74 Å². The standard InChI is InChI=1S/C19H23FN2O4S2/c1-2-4-18-21-16(13-27-18)12-26-19(23)14-5-3-10-22(11-14)28(24,25)17-8-6-15(20)7-9-17/h6-9,13-14H,2-5,10-12H2,1H3. The molecule has 1 fully saturated rings. The lowest BCUT2D eigenvalue weighted by molar-refractivity contribution is -0.151. The Morgan fingerprint density at radius 2 is 2.11 bits per heavy atom. The van der Waals surface area contributed by atoms with Gasteiger partial charge in [0.25, 0.3) is 0 Å². The molecule has 0 spiro atoms. The van der Waals surface area contributed by atoms with Crippen LogP contribution in [-0.2, 0) is 32.6 Å². The molecule has 1 atom stereocenters. The van der Waals surface area contributed by atoms with Crippen LogP contribution in [0, 0.1) is 11.7 Å². The number of benzene rings is 1. The Morgan fingerprint density at radius 3 is 2.82 bits per heavy atom. The quantitative estimate of drug-likeness (QED) is 0.635. The fraction of sp³-hybridized carbons (Fsp3) is 0.474. The van der Waals surface area contributed by atoms with Crippen molar-refractivity contribution in [3.63, 3.8) is 0 Å². The van der Waals surface area contributed by atoms with E-state index >= 15 is 0 Å². The van der Waals surface area contributed by atoms with Gasteiger partial charge in [-0.2, -0.15) is 4.31 Å². The number of carbonyl (C=O) groups excluding carboxylic acids is 1. The molecular weight excluding hydrogens is 403 g/mol. The number of thiazole rings is 1. The van der Waals surface area contributed by atoms with Crippen LogP contribution in [0.1, 0.15) is 36.9 Å². The van der Waals surface area contributed by atoms with Gasteiger partial charge in [-0.05, 0) is 49.9 Å². The van der Waals surface area contributed by atoms with Crippen molar-refractivity contribution in [3.8, 4) is 0 Å². The van der Waals surface area contributed by atoms with Gasteiger partial charge < -0.3 is 4.74 Å². The molecule has 152 valence electrons. The van der Waals surface area contributed by atoms with Crippen LogP contribution in [-0.4, -0.2) is 36.8 Å². The van der Waals surface area contributed by atoms with E-state index in [0.717, 1.165) is 30.0 Å². The number of aryl methyl sites for hydroxylation is 1. The average Bonchev–Trinajstić information content (AvgIpc) is 3.14. The molecule has 9 heteroatoms. The zero-order valence-corrected chi connectivity index (χ0v) is 17.3. The highest BCUT2D eigenvalue weighted by Gasteiger charge is 2.34. The Bertz CT molecular complexity index is 912. The van der Waals surface area contributed by atoms with Crippen molar-refractivity contribution in [2.45, 2.75) is 44.1 Å². The van der Waals surface area contributed by atoms with E-state index in [1.165, 1.54) is 16.4 Å². The molecule has 1 aliphatic rings. The molecule has 3 rings (SSSR count). The van der Waals surface area contributed by atoms with Crippen LogP contribution in [0.3, 0.4) is 0 Å². The summed E-state index contributed by atoms with van der Waals surface area (Å²) in [5.74, 6) is -1.43. The third-order valence-electron chi connectivity index (χ3n) is 4.59. The fourth-order valence-electron chi connectivity index (χ4n) is 3.12. The van der Waals surface area contributed by atoms with Crippen molar-refractivity contribution in [3.05, 3.63) is 46.2 Å². The monoisotopic (exact) mass is 426 g/mol. The lowest BCUT2D eigenvalue weighted by Gasteiger charge is -2.30. The summed E-state index contributed by atoms with van der Waals surface area (Å²) in [6.45, 7) is 2.57. The second-order valence-electron chi connectivity index (χ2n) is 6.75. The van der Waals surface area contributed by atoms with Gasteiger partial charge in [0.15, 0.2) is 0 Å². The fourth-order valence-corrected chi connectivity index (χ4v) is 5.52. The Balaban J connectivity index is 1.60. The second kappa shape index (κ2) is 9.11. The van der Waals surface area contributed by atoms with Gasteiger partial charge in [-0.15, -0.1) is 11.3 Å². The molecule has 6 nitrogen and oxygen atoms in total.